The average Bonchev–Trinajstić information content (AvgIpc) is 2.83. The van der Waals surface area contributed by atoms with Gasteiger partial charge in [0.15, 0.2) is 0 Å². The largest absolute Gasteiger partial charge is 0.491 e. The van der Waals surface area contributed by atoms with E-state index in [0.717, 1.165) is 37.9 Å². The molecule has 0 fully saturated rings. The van der Waals surface area contributed by atoms with Gasteiger partial charge in [-0.05, 0) is 43.4 Å². The summed E-state index contributed by atoms with van der Waals surface area (Å²) in [5, 5.41) is 0. The van der Waals surface area contributed by atoms with E-state index in [1.54, 1.807) is 0 Å². The van der Waals surface area contributed by atoms with Crippen LogP contribution in [0.1, 0.15) is 90.5 Å². The summed E-state index contributed by atoms with van der Waals surface area (Å²) >= 11 is 0. The molecule has 190 valence electrons. The lowest BCUT2D eigenvalue weighted by molar-refractivity contribution is -0.150. The number of hydrogen-bond acceptors (Lipinski definition) is 5. The Morgan fingerprint density at radius 1 is 0.727 bits per heavy atom. The molecule has 0 saturated carbocycles. The van der Waals surface area contributed by atoms with Crippen LogP contribution in [-0.4, -0.2) is 45.6 Å². The van der Waals surface area contributed by atoms with E-state index in [9.17, 15) is 4.79 Å². The van der Waals surface area contributed by atoms with E-state index in [4.69, 9.17) is 18.9 Å². The van der Waals surface area contributed by atoms with Crippen LogP contribution in [0.4, 0.5) is 0 Å². The number of ether oxygens (including phenoxy) is 4. The second-order valence-corrected chi connectivity index (χ2v) is 8.65. The highest BCUT2D eigenvalue weighted by molar-refractivity contribution is 5.72. The van der Waals surface area contributed by atoms with Crippen LogP contribution in [0.2, 0.25) is 0 Å². The molecule has 1 aromatic carbocycles. The molecule has 0 saturated heterocycles. The molecule has 0 bridgehead atoms. The maximum absolute atomic E-state index is 12.0. The number of rotatable bonds is 22. The molecule has 0 aromatic heterocycles. The van der Waals surface area contributed by atoms with Gasteiger partial charge in [-0.15, -0.1) is 0 Å². The summed E-state index contributed by atoms with van der Waals surface area (Å²) in [4.78, 5) is 12.0. The second-order valence-electron chi connectivity index (χ2n) is 8.65. The lowest BCUT2D eigenvalue weighted by Gasteiger charge is -2.13. The molecule has 0 aliphatic carbocycles. The highest BCUT2D eigenvalue weighted by Crippen LogP contribution is 2.15. The molecule has 33 heavy (non-hydrogen) atoms. The van der Waals surface area contributed by atoms with Gasteiger partial charge >= 0.3 is 5.97 Å². The van der Waals surface area contributed by atoms with Crippen molar-refractivity contribution in [1.82, 2.24) is 0 Å². The Balaban J connectivity index is 1.96. The van der Waals surface area contributed by atoms with Gasteiger partial charge in [-0.3, -0.25) is 4.79 Å². The van der Waals surface area contributed by atoms with Crippen LogP contribution < -0.4 is 4.74 Å². The summed E-state index contributed by atoms with van der Waals surface area (Å²) in [6, 6.07) is 8.41. The van der Waals surface area contributed by atoms with Crippen LogP contribution in [0.5, 0.6) is 5.75 Å². The van der Waals surface area contributed by atoms with Crippen molar-refractivity contribution in [2.75, 3.05) is 39.6 Å². The number of carbonyl (C=O) groups excluding carboxylic acids is 1. The quantitative estimate of drug-likeness (QED) is 0.140. The van der Waals surface area contributed by atoms with Crippen LogP contribution in [0.15, 0.2) is 24.3 Å². The molecule has 0 aliphatic rings. The van der Waals surface area contributed by atoms with E-state index in [1.165, 1.54) is 44.1 Å². The Morgan fingerprint density at radius 3 is 2.00 bits per heavy atom. The van der Waals surface area contributed by atoms with Crippen LogP contribution in [0, 0.1) is 5.92 Å². The minimum absolute atomic E-state index is 0.0183. The zero-order valence-corrected chi connectivity index (χ0v) is 21.4. The number of esters is 1. The van der Waals surface area contributed by atoms with Gasteiger partial charge in [-0.2, -0.15) is 0 Å². The lowest BCUT2D eigenvalue weighted by atomic mass is 10.00. The maximum atomic E-state index is 12.0. The number of unbranched alkanes of at least 4 members (excludes halogenated alkanes) is 6. The predicted molar refractivity (Wildman–Crippen MR) is 135 cm³/mol. The first kappa shape index (κ1) is 29.4. The first-order chi connectivity index (χ1) is 16.2. The van der Waals surface area contributed by atoms with Gasteiger partial charge in [0.25, 0.3) is 0 Å². The lowest BCUT2D eigenvalue weighted by Crippen LogP contribution is -2.20. The molecule has 1 rings (SSSR count). The Bertz CT molecular complexity index is 572. The number of benzene rings is 1. The molecule has 0 aliphatic heterocycles. The first-order valence-electron chi connectivity index (χ1n) is 13.2. The van der Waals surface area contributed by atoms with Crippen molar-refractivity contribution in [3.05, 3.63) is 29.8 Å². The minimum Gasteiger partial charge on any atom is -0.491 e. The van der Waals surface area contributed by atoms with Crippen molar-refractivity contribution >= 4 is 5.97 Å². The smallest absolute Gasteiger partial charge is 0.308 e. The molecule has 1 aromatic rings. The van der Waals surface area contributed by atoms with Crippen molar-refractivity contribution in [3.8, 4) is 5.75 Å². The summed E-state index contributed by atoms with van der Waals surface area (Å²) in [6.07, 6.45) is 13.0. The summed E-state index contributed by atoms with van der Waals surface area (Å²) in [6.45, 7) is 9.16. The highest BCUT2D eigenvalue weighted by atomic mass is 16.6. The average molecular weight is 465 g/mol. The van der Waals surface area contributed by atoms with Gasteiger partial charge in [0.2, 0.25) is 0 Å². The van der Waals surface area contributed by atoms with Crippen molar-refractivity contribution in [2.24, 2.45) is 5.92 Å². The monoisotopic (exact) mass is 464 g/mol. The SMILES string of the molecule is CCCCCCCCc1ccc(OCCOCCOCCOC(=O)C(CC)CCCC)cc1. The normalized spacial score (nSPS) is 12.0. The Labute approximate surface area is 202 Å². The molecule has 1 unspecified atom stereocenters. The third-order valence-corrected chi connectivity index (χ3v) is 5.82. The molecular weight excluding hydrogens is 416 g/mol. The summed E-state index contributed by atoms with van der Waals surface area (Å²) < 4.78 is 22.1. The van der Waals surface area contributed by atoms with Crippen LogP contribution >= 0.6 is 0 Å². The number of hydrogen-bond donors (Lipinski definition) is 0. The molecular formula is C28H48O5. The number of aryl methyl sites for hydroxylation is 1. The van der Waals surface area contributed by atoms with Crippen molar-refractivity contribution < 1.29 is 23.7 Å². The maximum Gasteiger partial charge on any atom is 0.308 e. The molecule has 5 nitrogen and oxygen atoms in total. The summed E-state index contributed by atoms with van der Waals surface area (Å²) in [5.41, 5.74) is 1.38. The van der Waals surface area contributed by atoms with E-state index in [-0.39, 0.29) is 11.9 Å². The molecule has 1 atom stereocenters. The van der Waals surface area contributed by atoms with Gasteiger partial charge < -0.3 is 18.9 Å². The molecule has 0 radical (unpaired) electrons. The fraction of sp³-hybridized carbons (Fsp3) is 0.750. The fourth-order valence-electron chi connectivity index (χ4n) is 3.66. The zero-order chi connectivity index (χ0) is 24.0. The van der Waals surface area contributed by atoms with Gasteiger partial charge in [-0.25, -0.2) is 0 Å². The Morgan fingerprint density at radius 2 is 1.33 bits per heavy atom. The van der Waals surface area contributed by atoms with Crippen molar-refractivity contribution in [3.63, 3.8) is 0 Å². The molecule has 0 amide bonds. The van der Waals surface area contributed by atoms with Gasteiger partial charge in [0, 0.05) is 0 Å². The van der Waals surface area contributed by atoms with Crippen LogP contribution in [0.25, 0.3) is 0 Å². The molecule has 0 heterocycles. The van der Waals surface area contributed by atoms with E-state index < -0.39 is 0 Å². The third kappa shape index (κ3) is 15.8. The summed E-state index contributed by atoms with van der Waals surface area (Å²) in [7, 11) is 0. The van der Waals surface area contributed by atoms with E-state index in [0.29, 0.717) is 39.6 Å². The zero-order valence-electron chi connectivity index (χ0n) is 21.4. The minimum atomic E-state index is -0.0987. The molecule has 5 heteroatoms. The van der Waals surface area contributed by atoms with Crippen molar-refractivity contribution in [1.29, 1.82) is 0 Å². The fourth-order valence-corrected chi connectivity index (χ4v) is 3.66. The predicted octanol–water partition coefficient (Wildman–Crippen LogP) is 6.76. The van der Waals surface area contributed by atoms with Crippen LogP contribution in [-0.2, 0) is 25.4 Å². The van der Waals surface area contributed by atoms with E-state index in [2.05, 4.69) is 26.0 Å². The number of carbonyl (C=O) groups is 1. The topological polar surface area (TPSA) is 54.0 Å². The van der Waals surface area contributed by atoms with E-state index in [1.807, 2.05) is 19.1 Å². The van der Waals surface area contributed by atoms with Crippen molar-refractivity contribution in [2.45, 2.75) is 91.4 Å². The van der Waals surface area contributed by atoms with E-state index >= 15 is 0 Å². The third-order valence-electron chi connectivity index (χ3n) is 5.82. The Hall–Kier alpha value is -1.59. The second kappa shape index (κ2) is 21.0. The highest BCUT2D eigenvalue weighted by Gasteiger charge is 2.16. The molecule has 0 spiro atoms. The summed E-state index contributed by atoms with van der Waals surface area (Å²) in [5.74, 6) is 0.802. The molecule has 0 N–H and O–H groups in total. The van der Waals surface area contributed by atoms with Gasteiger partial charge in [-0.1, -0.05) is 77.8 Å². The standard InChI is InChI=1S/C28H48O5/c1-4-7-9-10-11-12-13-25-15-17-27(18-16-25)32-23-21-30-19-20-31-22-24-33-28(29)26(6-3)14-8-5-2/h15-18,26H,4-14,19-24H2,1-3H3. The van der Waals surface area contributed by atoms with Gasteiger partial charge in [0.05, 0.1) is 32.3 Å². The first-order valence-corrected chi connectivity index (χ1v) is 13.2. The van der Waals surface area contributed by atoms with Gasteiger partial charge in [0.1, 0.15) is 19.0 Å². The van der Waals surface area contributed by atoms with Crippen LogP contribution in [0.3, 0.4) is 0 Å². The Kier molecular flexibility index (Phi) is 18.7.